The van der Waals surface area contributed by atoms with E-state index in [1.165, 1.54) is 12.5 Å². The summed E-state index contributed by atoms with van der Waals surface area (Å²) < 4.78 is 19.2. The van der Waals surface area contributed by atoms with E-state index in [1.54, 1.807) is 12.1 Å². The molecule has 1 aliphatic rings. The first kappa shape index (κ1) is 11.2. The fourth-order valence-electron chi connectivity index (χ4n) is 2.30. The van der Waals surface area contributed by atoms with E-state index in [1.807, 2.05) is 0 Å². The Kier molecular flexibility index (Phi) is 3.32. The van der Waals surface area contributed by atoms with Crippen LogP contribution in [0, 0.1) is 11.7 Å². The van der Waals surface area contributed by atoms with Crippen LogP contribution in [0.3, 0.4) is 0 Å². The van der Waals surface area contributed by atoms with Crippen molar-refractivity contribution in [2.45, 2.75) is 38.7 Å². The highest BCUT2D eigenvalue weighted by atomic mass is 19.1. The van der Waals surface area contributed by atoms with Crippen LogP contribution < -0.4 is 10.5 Å². The molecule has 0 saturated heterocycles. The molecule has 1 saturated carbocycles. The fourth-order valence-corrected chi connectivity index (χ4v) is 2.30. The molecule has 0 aliphatic heterocycles. The summed E-state index contributed by atoms with van der Waals surface area (Å²) in [5, 5.41) is 0. The predicted molar refractivity (Wildman–Crippen MR) is 62.9 cm³/mol. The summed E-state index contributed by atoms with van der Waals surface area (Å²) in [6.45, 7) is 2.21. The molecular formula is C13H18FNO. The van der Waals surface area contributed by atoms with E-state index in [9.17, 15) is 4.39 Å². The third-order valence-corrected chi connectivity index (χ3v) is 3.17. The van der Waals surface area contributed by atoms with Gasteiger partial charge in [0, 0.05) is 0 Å². The van der Waals surface area contributed by atoms with Crippen molar-refractivity contribution in [3.63, 3.8) is 0 Å². The average molecular weight is 223 g/mol. The zero-order valence-corrected chi connectivity index (χ0v) is 9.58. The van der Waals surface area contributed by atoms with Crippen molar-refractivity contribution in [1.82, 2.24) is 0 Å². The van der Waals surface area contributed by atoms with E-state index < -0.39 is 0 Å². The number of nitrogens with two attached hydrogens (primary N) is 1. The molecule has 2 rings (SSSR count). The number of nitrogen functional groups attached to an aromatic ring is 1. The molecule has 1 aromatic rings. The molecule has 3 heteroatoms. The molecule has 0 radical (unpaired) electrons. The van der Waals surface area contributed by atoms with Crippen molar-refractivity contribution in [1.29, 1.82) is 0 Å². The maximum atomic E-state index is 13.5. The van der Waals surface area contributed by atoms with Crippen LogP contribution in [0.25, 0.3) is 0 Å². The molecule has 1 aliphatic carbocycles. The van der Waals surface area contributed by atoms with Crippen molar-refractivity contribution in [3.05, 3.63) is 24.0 Å². The number of ether oxygens (including phenoxy) is 1. The highest BCUT2D eigenvalue weighted by Crippen LogP contribution is 2.31. The molecule has 2 N–H and O–H groups in total. The molecule has 2 unspecified atom stereocenters. The van der Waals surface area contributed by atoms with Gasteiger partial charge in [0.1, 0.15) is 0 Å². The quantitative estimate of drug-likeness (QED) is 0.780. The molecule has 1 fully saturated rings. The predicted octanol–water partition coefficient (Wildman–Crippen LogP) is 3.37. The first-order valence-electron chi connectivity index (χ1n) is 5.87. The second-order valence-corrected chi connectivity index (χ2v) is 4.67. The third-order valence-electron chi connectivity index (χ3n) is 3.17. The van der Waals surface area contributed by atoms with Gasteiger partial charge in [-0.1, -0.05) is 19.4 Å². The van der Waals surface area contributed by atoms with E-state index in [0.29, 0.717) is 11.6 Å². The molecule has 1 aromatic carbocycles. The van der Waals surface area contributed by atoms with Crippen molar-refractivity contribution < 1.29 is 9.13 Å². The van der Waals surface area contributed by atoms with Crippen molar-refractivity contribution in [2.75, 3.05) is 5.73 Å². The topological polar surface area (TPSA) is 35.2 Å². The number of hydrogen-bond acceptors (Lipinski definition) is 2. The maximum Gasteiger partial charge on any atom is 0.178 e. The van der Waals surface area contributed by atoms with Crippen LogP contribution in [0.2, 0.25) is 0 Å². The van der Waals surface area contributed by atoms with E-state index in [-0.39, 0.29) is 17.7 Å². The van der Waals surface area contributed by atoms with Gasteiger partial charge in [-0.15, -0.1) is 0 Å². The Balaban J connectivity index is 2.08. The van der Waals surface area contributed by atoms with E-state index >= 15 is 0 Å². The van der Waals surface area contributed by atoms with Crippen molar-refractivity contribution in [2.24, 2.45) is 5.92 Å². The lowest BCUT2D eigenvalue weighted by Gasteiger charge is -2.27. The Morgan fingerprint density at radius 2 is 2.19 bits per heavy atom. The van der Waals surface area contributed by atoms with Gasteiger partial charge in [-0.25, -0.2) is 4.39 Å². The van der Waals surface area contributed by atoms with E-state index in [0.717, 1.165) is 19.3 Å². The number of rotatable bonds is 2. The summed E-state index contributed by atoms with van der Waals surface area (Å²) in [5.74, 6) is 0.520. The summed E-state index contributed by atoms with van der Waals surface area (Å²) in [6, 6.07) is 4.66. The van der Waals surface area contributed by atoms with Gasteiger partial charge >= 0.3 is 0 Å². The smallest absolute Gasteiger partial charge is 0.178 e. The lowest BCUT2D eigenvalue weighted by Crippen LogP contribution is -2.24. The number of hydrogen-bond donors (Lipinski definition) is 1. The third kappa shape index (κ3) is 2.46. The van der Waals surface area contributed by atoms with Gasteiger partial charge in [0.2, 0.25) is 0 Å². The zero-order valence-electron chi connectivity index (χ0n) is 9.58. The average Bonchev–Trinajstić information content (AvgIpc) is 2.24. The Hall–Kier alpha value is -1.25. The van der Waals surface area contributed by atoms with Gasteiger partial charge in [-0.2, -0.15) is 0 Å². The van der Waals surface area contributed by atoms with E-state index in [2.05, 4.69) is 6.92 Å². The number of anilines is 1. The molecule has 16 heavy (non-hydrogen) atoms. The highest BCUT2D eigenvalue weighted by Gasteiger charge is 2.22. The highest BCUT2D eigenvalue weighted by molar-refractivity contribution is 5.52. The normalized spacial score (nSPS) is 25.4. The van der Waals surface area contributed by atoms with Gasteiger partial charge in [-0.05, 0) is 37.3 Å². The lowest BCUT2D eigenvalue weighted by molar-refractivity contribution is 0.125. The lowest BCUT2D eigenvalue weighted by atomic mass is 9.89. The monoisotopic (exact) mass is 223 g/mol. The standard InChI is InChI=1S/C13H18FNO/c1-9-4-2-5-10(8-9)16-13-11(14)6-3-7-12(13)15/h3,6-7,9-10H,2,4-5,8,15H2,1H3. The second kappa shape index (κ2) is 4.73. The van der Waals surface area contributed by atoms with Crippen LogP contribution in [-0.2, 0) is 0 Å². The van der Waals surface area contributed by atoms with Crippen molar-refractivity contribution >= 4 is 5.69 Å². The van der Waals surface area contributed by atoms with Crippen molar-refractivity contribution in [3.8, 4) is 5.75 Å². The van der Waals surface area contributed by atoms with Gasteiger partial charge in [0.15, 0.2) is 11.6 Å². The molecule has 88 valence electrons. The Morgan fingerprint density at radius 1 is 1.38 bits per heavy atom. The number of para-hydroxylation sites is 1. The molecule has 0 amide bonds. The van der Waals surface area contributed by atoms with Crippen LogP contribution in [0.5, 0.6) is 5.75 Å². The Morgan fingerprint density at radius 3 is 2.88 bits per heavy atom. The molecule has 0 heterocycles. The minimum absolute atomic E-state index is 0.114. The van der Waals surface area contributed by atoms with Crippen LogP contribution in [0.15, 0.2) is 18.2 Å². The SMILES string of the molecule is CC1CCCC(Oc2c(N)cccc2F)C1. The minimum Gasteiger partial charge on any atom is -0.485 e. The fraction of sp³-hybridized carbons (Fsp3) is 0.538. The minimum atomic E-state index is -0.363. The van der Waals surface area contributed by atoms with Gasteiger partial charge in [-0.3, -0.25) is 0 Å². The Labute approximate surface area is 95.6 Å². The summed E-state index contributed by atoms with van der Waals surface area (Å²) >= 11 is 0. The van der Waals surface area contributed by atoms with Gasteiger partial charge in [0.05, 0.1) is 11.8 Å². The maximum absolute atomic E-state index is 13.5. The molecule has 0 bridgehead atoms. The van der Waals surface area contributed by atoms with Crippen LogP contribution in [0.4, 0.5) is 10.1 Å². The number of benzene rings is 1. The van der Waals surface area contributed by atoms with Gasteiger partial charge in [0.25, 0.3) is 0 Å². The Bertz CT molecular complexity index is 347. The van der Waals surface area contributed by atoms with Gasteiger partial charge < -0.3 is 10.5 Å². The van der Waals surface area contributed by atoms with Crippen LogP contribution >= 0.6 is 0 Å². The molecule has 0 aromatic heterocycles. The first-order valence-corrected chi connectivity index (χ1v) is 5.87. The number of halogens is 1. The second-order valence-electron chi connectivity index (χ2n) is 4.67. The molecular weight excluding hydrogens is 205 g/mol. The molecule has 2 nitrogen and oxygen atoms in total. The summed E-state index contributed by atoms with van der Waals surface area (Å²) in [5.41, 5.74) is 6.10. The van der Waals surface area contributed by atoms with E-state index in [4.69, 9.17) is 10.5 Å². The molecule has 2 atom stereocenters. The van der Waals surface area contributed by atoms with Crippen LogP contribution in [0.1, 0.15) is 32.6 Å². The summed E-state index contributed by atoms with van der Waals surface area (Å²) in [7, 11) is 0. The molecule has 0 spiro atoms. The zero-order chi connectivity index (χ0) is 11.5. The van der Waals surface area contributed by atoms with Crippen LogP contribution in [-0.4, -0.2) is 6.10 Å². The summed E-state index contributed by atoms with van der Waals surface area (Å²) in [4.78, 5) is 0. The largest absolute Gasteiger partial charge is 0.485 e. The first-order chi connectivity index (χ1) is 7.66. The summed E-state index contributed by atoms with van der Waals surface area (Å²) in [6.07, 6.45) is 4.50.